The lowest BCUT2D eigenvalue weighted by Gasteiger charge is -2.12. The summed E-state index contributed by atoms with van der Waals surface area (Å²) in [5.41, 5.74) is 4.16. The average Bonchev–Trinajstić information content (AvgIpc) is 2.96. The Hall–Kier alpha value is -2.72. The van der Waals surface area contributed by atoms with Crippen LogP contribution in [0.3, 0.4) is 0 Å². The van der Waals surface area contributed by atoms with Gasteiger partial charge in [0.25, 0.3) is 0 Å². The van der Waals surface area contributed by atoms with E-state index in [1.54, 1.807) is 7.11 Å². The fourth-order valence-corrected chi connectivity index (χ4v) is 3.51. The van der Waals surface area contributed by atoms with E-state index in [4.69, 9.17) is 9.73 Å². The van der Waals surface area contributed by atoms with Crippen LogP contribution in [0.1, 0.15) is 27.4 Å². The van der Waals surface area contributed by atoms with Gasteiger partial charge in [0.15, 0.2) is 5.78 Å². The minimum Gasteiger partial charge on any atom is -0.497 e. The van der Waals surface area contributed by atoms with Gasteiger partial charge in [-0.25, -0.2) is 0 Å². The number of Topliss-reactive ketones (excluding diaryl/α,β-unsaturated/α-hetero) is 1. The summed E-state index contributed by atoms with van der Waals surface area (Å²) in [7, 11) is 1.63. The largest absolute Gasteiger partial charge is 0.497 e. The zero-order valence-corrected chi connectivity index (χ0v) is 15.7. The number of nitrogens with zero attached hydrogens (tertiary/aromatic N) is 1. The van der Waals surface area contributed by atoms with Crippen molar-refractivity contribution in [3.8, 4) is 5.75 Å². The standard InChI is InChI=1S/C22H16BrNO2/c1-26-17-12-6-14(7-13-17)20-21(24-16-10-8-15(23)9-11-16)18-4-2-3-5-19(18)22(20)25/h2-13,20H,1H3/t20-/m1/s1. The van der Waals surface area contributed by atoms with Gasteiger partial charge in [0, 0.05) is 15.6 Å². The Balaban J connectivity index is 1.85. The van der Waals surface area contributed by atoms with Crippen molar-refractivity contribution in [2.45, 2.75) is 5.92 Å². The van der Waals surface area contributed by atoms with Gasteiger partial charge in [-0.3, -0.25) is 9.79 Å². The topological polar surface area (TPSA) is 38.7 Å². The number of ketones is 1. The van der Waals surface area contributed by atoms with Crippen LogP contribution in [0.5, 0.6) is 5.75 Å². The molecule has 26 heavy (non-hydrogen) atoms. The number of fused-ring (bicyclic) bond motifs is 1. The monoisotopic (exact) mass is 405 g/mol. The lowest BCUT2D eigenvalue weighted by Crippen LogP contribution is -2.13. The fraction of sp³-hybridized carbons (Fsp3) is 0.0909. The van der Waals surface area contributed by atoms with Gasteiger partial charge in [-0.15, -0.1) is 0 Å². The van der Waals surface area contributed by atoms with Crippen molar-refractivity contribution in [3.63, 3.8) is 0 Å². The number of hydrogen-bond donors (Lipinski definition) is 0. The highest BCUT2D eigenvalue weighted by Crippen LogP contribution is 2.36. The molecule has 0 radical (unpaired) electrons. The highest BCUT2D eigenvalue weighted by molar-refractivity contribution is 9.10. The van der Waals surface area contributed by atoms with Gasteiger partial charge in [-0.05, 0) is 42.0 Å². The molecule has 4 rings (SSSR count). The van der Waals surface area contributed by atoms with E-state index in [-0.39, 0.29) is 5.78 Å². The second-order valence-corrected chi connectivity index (χ2v) is 7.01. The second-order valence-electron chi connectivity index (χ2n) is 6.09. The zero-order chi connectivity index (χ0) is 18.1. The van der Waals surface area contributed by atoms with Crippen LogP contribution in [0.2, 0.25) is 0 Å². The molecule has 3 aromatic rings. The van der Waals surface area contributed by atoms with Crippen molar-refractivity contribution in [1.82, 2.24) is 0 Å². The van der Waals surface area contributed by atoms with Crippen molar-refractivity contribution < 1.29 is 9.53 Å². The van der Waals surface area contributed by atoms with Gasteiger partial charge in [-0.1, -0.05) is 52.3 Å². The minimum atomic E-state index is -0.401. The molecule has 1 aliphatic rings. The number of carbonyl (C=O) groups is 1. The van der Waals surface area contributed by atoms with Crippen LogP contribution in [0.25, 0.3) is 0 Å². The maximum atomic E-state index is 13.1. The number of rotatable bonds is 3. The Morgan fingerprint density at radius 3 is 2.19 bits per heavy atom. The number of halogens is 1. The van der Waals surface area contributed by atoms with Gasteiger partial charge in [0.05, 0.1) is 24.4 Å². The van der Waals surface area contributed by atoms with Gasteiger partial charge < -0.3 is 4.74 Å². The van der Waals surface area contributed by atoms with E-state index >= 15 is 0 Å². The van der Waals surface area contributed by atoms with Crippen LogP contribution in [-0.2, 0) is 0 Å². The van der Waals surface area contributed by atoms with Gasteiger partial charge in [0.1, 0.15) is 5.75 Å². The molecule has 4 heteroatoms. The van der Waals surface area contributed by atoms with Crippen molar-refractivity contribution >= 4 is 33.1 Å². The van der Waals surface area contributed by atoms with E-state index in [9.17, 15) is 4.79 Å². The Kier molecular flexibility index (Phi) is 4.43. The number of ether oxygens (including phenoxy) is 1. The molecule has 0 spiro atoms. The van der Waals surface area contributed by atoms with Crippen molar-refractivity contribution in [2.75, 3.05) is 7.11 Å². The van der Waals surface area contributed by atoms with Crippen LogP contribution in [0.4, 0.5) is 5.69 Å². The summed E-state index contributed by atoms with van der Waals surface area (Å²) in [4.78, 5) is 17.9. The van der Waals surface area contributed by atoms with Crippen LogP contribution in [-0.4, -0.2) is 18.6 Å². The van der Waals surface area contributed by atoms with E-state index in [0.29, 0.717) is 0 Å². The van der Waals surface area contributed by atoms with Gasteiger partial charge >= 0.3 is 0 Å². The molecule has 1 atom stereocenters. The zero-order valence-electron chi connectivity index (χ0n) is 14.1. The Morgan fingerprint density at radius 2 is 1.54 bits per heavy atom. The van der Waals surface area contributed by atoms with E-state index in [0.717, 1.165) is 38.3 Å². The molecular weight excluding hydrogens is 390 g/mol. The lowest BCUT2D eigenvalue weighted by atomic mass is 9.93. The predicted octanol–water partition coefficient (Wildman–Crippen LogP) is 5.56. The van der Waals surface area contributed by atoms with Crippen molar-refractivity contribution in [1.29, 1.82) is 0 Å². The maximum absolute atomic E-state index is 13.1. The smallest absolute Gasteiger partial charge is 0.176 e. The first-order chi connectivity index (χ1) is 12.7. The molecule has 0 saturated heterocycles. The normalized spacial score (nSPS) is 17.4. The Labute approximate surface area is 160 Å². The fourth-order valence-electron chi connectivity index (χ4n) is 3.24. The van der Waals surface area contributed by atoms with Gasteiger partial charge in [-0.2, -0.15) is 0 Å². The quantitative estimate of drug-likeness (QED) is 0.571. The summed E-state index contributed by atoms with van der Waals surface area (Å²) in [6, 6.07) is 23.1. The highest BCUT2D eigenvalue weighted by atomic mass is 79.9. The number of benzene rings is 3. The minimum absolute atomic E-state index is 0.0848. The number of carbonyl (C=O) groups excluding carboxylic acids is 1. The first-order valence-electron chi connectivity index (χ1n) is 8.29. The third kappa shape index (κ3) is 2.97. The molecule has 0 unspecified atom stereocenters. The molecule has 3 nitrogen and oxygen atoms in total. The molecule has 3 aromatic carbocycles. The van der Waals surface area contributed by atoms with Crippen LogP contribution >= 0.6 is 15.9 Å². The SMILES string of the molecule is COc1ccc([C@H]2C(=O)c3ccccc3C2=Nc2ccc(Br)cc2)cc1. The Morgan fingerprint density at radius 1 is 0.885 bits per heavy atom. The van der Waals surface area contributed by atoms with Crippen LogP contribution in [0.15, 0.2) is 82.3 Å². The van der Waals surface area contributed by atoms with Gasteiger partial charge in [0.2, 0.25) is 0 Å². The predicted molar refractivity (Wildman–Crippen MR) is 107 cm³/mol. The van der Waals surface area contributed by atoms with E-state index in [2.05, 4.69) is 15.9 Å². The molecule has 1 aliphatic carbocycles. The number of hydrogen-bond acceptors (Lipinski definition) is 3. The first kappa shape index (κ1) is 16.7. The summed E-state index contributed by atoms with van der Waals surface area (Å²) in [5.74, 6) is 0.451. The molecule has 0 aliphatic heterocycles. The molecule has 128 valence electrons. The van der Waals surface area contributed by atoms with Crippen molar-refractivity contribution in [3.05, 3.63) is 94.0 Å². The molecular formula is C22H16BrNO2. The third-order valence-corrected chi connectivity index (χ3v) is 5.06. The van der Waals surface area contributed by atoms with E-state index in [1.807, 2.05) is 72.8 Å². The lowest BCUT2D eigenvalue weighted by molar-refractivity contribution is 0.0988. The van der Waals surface area contributed by atoms with Crippen LogP contribution < -0.4 is 4.74 Å². The maximum Gasteiger partial charge on any atom is 0.176 e. The Bertz CT molecular complexity index is 991. The summed E-state index contributed by atoms with van der Waals surface area (Å²) in [6.45, 7) is 0. The molecule has 0 amide bonds. The highest BCUT2D eigenvalue weighted by Gasteiger charge is 2.37. The van der Waals surface area contributed by atoms with Crippen LogP contribution in [0, 0.1) is 0 Å². The number of methoxy groups -OCH3 is 1. The van der Waals surface area contributed by atoms with E-state index < -0.39 is 5.92 Å². The average molecular weight is 406 g/mol. The molecule has 0 saturated carbocycles. The summed E-state index contributed by atoms with van der Waals surface area (Å²) in [5, 5.41) is 0. The molecule has 0 heterocycles. The molecule has 0 aromatic heterocycles. The summed E-state index contributed by atoms with van der Waals surface area (Å²) in [6.07, 6.45) is 0. The first-order valence-corrected chi connectivity index (χ1v) is 9.08. The molecule has 0 fully saturated rings. The van der Waals surface area contributed by atoms with Crippen molar-refractivity contribution in [2.24, 2.45) is 4.99 Å². The number of aliphatic imine (C=N–C) groups is 1. The second kappa shape index (κ2) is 6.89. The van der Waals surface area contributed by atoms with E-state index in [1.165, 1.54) is 0 Å². The summed E-state index contributed by atoms with van der Waals surface area (Å²) >= 11 is 3.44. The third-order valence-electron chi connectivity index (χ3n) is 4.53. The molecule has 0 bridgehead atoms. The molecule has 0 N–H and O–H groups in total. The summed E-state index contributed by atoms with van der Waals surface area (Å²) < 4.78 is 6.23.